The molecule has 1 aromatic heterocycles. The van der Waals surface area contributed by atoms with E-state index in [2.05, 4.69) is 60.8 Å². The molecule has 1 aliphatic rings. The van der Waals surface area contributed by atoms with E-state index in [0.29, 0.717) is 0 Å². The standard InChI is InChI=1S/C17H29N3/c1-14(2)11-19(4)17-12-20(13-17)10-6-9-16-8-5-7-15(3)18-16/h5,7-8,14,17H,6,9-13H2,1-4H3. The monoisotopic (exact) mass is 275 g/mol. The van der Waals surface area contributed by atoms with Gasteiger partial charge in [-0.15, -0.1) is 0 Å². The zero-order valence-electron chi connectivity index (χ0n) is 13.5. The van der Waals surface area contributed by atoms with E-state index < -0.39 is 0 Å². The van der Waals surface area contributed by atoms with Gasteiger partial charge in [0.25, 0.3) is 0 Å². The van der Waals surface area contributed by atoms with E-state index in [0.717, 1.165) is 24.1 Å². The first-order chi connectivity index (χ1) is 9.54. The van der Waals surface area contributed by atoms with E-state index in [1.54, 1.807) is 0 Å². The van der Waals surface area contributed by atoms with Gasteiger partial charge in [0.2, 0.25) is 0 Å². The van der Waals surface area contributed by atoms with Crippen molar-refractivity contribution in [2.45, 2.75) is 39.7 Å². The normalized spacial score (nSPS) is 16.9. The van der Waals surface area contributed by atoms with E-state index in [1.165, 1.54) is 38.3 Å². The maximum atomic E-state index is 4.56. The van der Waals surface area contributed by atoms with Crippen molar-refractivity contribution in [3.63, 3.8) is 0 Å². The largest absolute Gasteiger partial charge is 0.301 e. The number of aromatic nitrogens is 1. The molecule has 0 atom stereocenters. The van der Waals surface area contributed by atoms with Crippen molar-refractivity contribution in [2.24, 2.45) is 5.92 Å². The molecular formula is C17H29N3. The summed E-state index contributed by atoms with van der Waals surface area (Å²) in [5, 5.41) is 0. The predicted octanol–water partition coefficient (Wildman–Crippen LogP) is 2.59. The number of likely N-dealkylation sites (tertiary alicyclic amines) is 1. The average Bonchev–Trinajstić information content (AvgIpc) is 2.31. The lowest BCUT2D eigenvalue weighted by atomic mass is 10.0. The highest BCUT2D eigenvalue weighted by Crippen LogP contribution is 2.15. The van der Waals surface area contributed by atoms with Crippen LogP contribution in [-0.2, 0) is 6.42 Å². The first kappa shape index (κ1) is 15.5. The van der Waals surface area contributed by atoms with Crippen LogP contribution < -0.4 is 0 Å². The Bertz CT molecular complexity index is 410. The van der Waals surface area contributed by atoms with Gasteiger partial charge in [-0.25, -0.2) is 0 Å². The van der Waals surface area contributed by atoms with Gasteiger partial charge in [-0.3, -0.25) is 4.98 Å². The number of nitrogens with zero attached hydrogens (tertiary/aromatic N) is 3. The van der Waals surface area contributed by atoms with Crippen molar-refractivity contribution in [1.82, 2.24) is 14.8 Å². The summed E-state index contributed by atoms with van der Waals surface area (Å²) in [5.41, 5.74) is 2.36. The van der Waals surface area contributed by atoms with Gasteiger partial charge >= 0.3 is 0 Å². The smallest absolute Gasteiger partial charge is 0.0407 e. The van der Waals surface area contributed by atoms with E-state index in [4.69, 9.17) is 0 Å². The highest BCUT2D eigenvalue weighted by molar-refractivity contribution is 5.09. The van der Waals surface area contributed by atoms with Crippen LogP contribution in [0.3, 0.4) is 0 Å². The number of aryl methyl sites for hydroxylation is 2. The summed E-state index contributed by atoms with van der Waals surface area (Å²) < 4.78 is 0. The van der Waals surface area contributed by atoms with E-state index in [-0.39, 0.29) is 0 Å². The highest BCUT2D eigenvalue weighted by atomic mass is 15.3. The molecule has 2 rings (SSSR count). The Morgan fingerprint density at radius 2 is 2.10 bits per heavy atom. The topological polar surface area (TPSA) is 19.4 Å². The van der Waals surface area contributed by atoms with Crippen molar-refractivity contribution in [2.75, 3.05) is 33.2 Å². The fourth-order valence-corrected chi connectivity index (χ4v) is 2.95. The molecule has 0 aliphatic carbocycles. The van der Waals surface area contributed by atoms with Gasteiger partial charge in [0.1, 0.15) is 0 Å². The Kier molecular flexibility index (Phi) is 5.55. The number of hydrogen-bond donors (Lipinski definition) is 0. The summed E-state index contributed by atoms with van der Waals surface area (Å²) in [4.78, 5) is 9.65. The van der Waals surface area contributed by atoms with Crippen molar-refractivity contribution < 1.29 is 0 Å². The third-order valence-electron chi connectivity index (χ3n) is 4.07. The molecule has 1 aliphatic heterocycles. The van der Waals surface area contributed by atoms with Gasteiger partial charge in [-0.1, -0.05) is 19.9 Å². The summed E-state index contributed by atoms with van der Waals surface area (Å²) in [5.74, 6) is 0.765. The fraction of sp³-hybridized carbons (Fsp3) is 0.706. The number of pyridine rings is 1. The fourth-order valence-electron chi connectivity index (χ4n) is 2.95. The zero-order valence-corrected chi connectivity index (χ0v) is 13.5. The average molecular weight is 275 g/mol. The maximum Gasteiger partial charge on any atom is 0.0407 e. The third-order valence-corrected chi connectivity index (χ3v) is 4.07. The second kappa shape index (κ2) is 7.19. The van der Waals surface area contributed by atoms with Gasteiger partial charge in [0, 0.05) is 37.1 Å². The molecule has 3 nitrogen and oxygen atoms in total. The molecule has 0 radical (unpaired) electrons. The van der Waals surface area contributed by atoms with Crippen LogP contribution >= 0.6 is 0 Å². The lowest BCUT2D eigenvalue weighted by Gasteiger charge is -2.44. The second-order valence-corrected chi connectivity index (χ2v) is 6.62. The van der Waals surface area contributed by atoms with Crippen LogP contribution in [-0.4, -0.2) is 54.1 Å². The molecule has 0 aromatic carbocycles. The molecule has 112 valence electrons. The second-order valence-electron chi connectivity index (χ2n) is 6.62. The van der Waals surface area contributed by atoms with Gasteiger partial charge in [0.15, 0.2) is 0 Å². The molecule has 0 unspecified atom stereocenters. The molecule has 0 amide bonds. The highest BCUT2D eigenvalue weighted by Gasteiger charge is 2.29. The van der Waals surface area contributed by atoms with Crippen molar-refractivity contribution in [1.29, 1.82) is 0 Å². The Hall–Kier alpha value is -0.930. The molecule has 0 N–H and O–H groups in total. The SMILES string of the molecule is Cc1cccc(CCCN2CC(N(C)CC(C)C)C2)n1. The minimum absolute atomic E-state index is 0.765. The molecule has 0 saturated carbocycles. The van der Waals surface area contributed by atoms with Crippen LogP contribution in [0.15, 0.2) is 18.2 Å². The Morgan fingerprint density at radius 3 is 2.75 bits per heavy atom. The zero-order chi connectivity index (χ0) is 14.5. The number of hydrogen-bond acceptors (Lipinski definition) is 3. The van der Waals surface area contributed by atoms with Crippen molar-refractivity contribution >= 4 is 0 Å². The van der Waals surface area contributed by atoms with Gasteiger partial charge in [-0.05, 0) is 51.4 Å². The molecule has 0 bridgehead atoms. The van der Waals surface area contributed by atoms with Crippen LogP contribution in [0.1, 0.15) is 31.7 Å². The first-order valence-corrected chi connectivity index (χ1v) is 7.89. The first-order valence-electron chi connectivity index (χ1n) is 7.89. The van der Waals surface area contributed by atoms with Gasteiger partial charge < -0.3 is 9.80 Å². The third kappa shape index (κ3) is 4.57. The predicted molar refractivity (Wildman–Crippen MR) is 85.0 cm³/mol. The lowest BCUT2D eigenvalue weighted by Crippen LogP contribution is -2.58. The van der Waals surface area contributed by atoms with E-state index in [9.17, 15) is 0 Å². The maximum absolute atomic E-state index is 4.56. The Labute approximate surface area is 124 Å². The quantitative estimate of drug-likeness (QED) is 0.762. The van der Waals surface area contributed by atoms with Crippen molar-refractivity contribution in [3.8, 4) is 0 Å². The minimum atomic E-state index is 0.765. The van der Waals surface area contributed by atoms with Crippen LogP contribution in [0.2, 0.25) is 0 Å². The van der Waals surface area contributed by atoms with Crippen LogP contribution in [0.4, 0.5) is 0 Å². The number of rotatable bonds is 7. The minimum Gasteiger partial charge on any atom is -0.301 e. The summed E-state index contributed by atoms with van der Waals surface area (Å²) >= 11 is 0. The molecule has 1 saturated heterocycles. The van der Waals surface area contributed by atoms with E-state index >= 15 is 0 Å². The van der Waals surface area contributed by atoms with Crippen molar-refractivity contribution in [3.05, 3.63) is 29.6 Å². The van der Waals surface area contributed by atoms with Crippen LogP contribution in [0.5, 0.6) is 0 Å². The summed E-state index contributed by atoms with van der Waals surface area (Å²) in [6.45, 7) is 11.6. The molecule has 1 fully saturated rings. The van der Waals surface area contributed by atoms with Gasteiger partial charge in [0.05, 0.1) is 0 Å². The molecule has 1 aromatic rings. The Balaban J connectivity index is 1.61. The molecule has 0 spiro atoms. The summed E-state index contributed by atoms with van der Waals surface area (Å²) in [6.07, 6.45) is 2.32. The number of likely N-dealkylation sites (N-methyl/N-ethyl adjacent to an activating group) is 1. The summed E-state index contributed by atoms with van der Waals surface area (Å²) in [6, 6.07) is 7.09. The lowest BCUT2D eigenvalue weighted by molar-refractivity contribution is 0.0428. The van der Waals surface area contributed by atoms with Crippen LogP contribution in [0.25, 0.3) is 0 Å². The summed E-state index contributed by atoms with van der Waals surface area (Å²) in [7, 11) is 2.26. The van der Waals surface area contributed by atoms with Crippen LogP contribution in [0, 0.1) is 12.8 Å². The van der Waals surface area contributed by atoms with Gasteiger partial charge in [-0.2, -0.15) is 0 Å². The molecular weight excluding hydrogens is 246 g/mol. The molecule has 2 heterocycles. The molecule has 3 heteroatoms. The molecule has 20 heavy (non-hydrogen) atoms. The Morgan fingerprint density at radius 1 is 1.35 bits per heavy atom. The van der Waals surface area contributed by atoms with E-state index in [1.807, 2.05) is 0 Å².